The molecule has 1 fully saturated rings. The van der Waals surface area contributed by atoms with Crippen molar-refractivity contribution in [3.8, 4) is 0 Å². The summed E-state index contributed by atoms with van der Waals surface area (Å²) >= 11 is 0. The maximum atomic E-state index is 13.6. The van der Waals surface area contributed by atoms with Crippen LogP contribution in [-0.4, -0.2) is 47.0 Å². The van der Waals surface area contributed by atoms with Gasteiger partial charge in [0.05, 0.1) is 6.26 Å². The summed E-state index contributed by atoms with van der Waals surface area (Å²) in [5.41, 5.74) is 0. The highest BCUT2D eigenvalue weighted by molar-refractivity contribution is 7.89. The first-order valence-electron chi connectivity index (χ1n) is 6.39. The fourth-order valence-electron chi connectivity index (χ4n) is 2.24. The Kier molecular flexibility index (Phi) is 4.66. The number of halogens is 1. The van der Waals surface area contributed by atoms with Crippen molar-refractivity contribution in [1.29, 1.82) is 0 Å². The van der Waals surface area contributed by atoms with Crippen LogP contribution in [-0.2, 0) is 20.0 Å². The molecule has 1 saturated heterocycles. The van der Waals surface area contributed by atoms with Crippen molar-refractivity contribution < 1.29 is 21.2 Å². The van der Waals surface area contributed by atoms with Gasteiger partial charge in [-0.3, -0.25) is 0 Å². The van der Waals surface area contributed by atoms with Crippen molar-refractivity contribution in [2.45, 2.75) is 11.3 Å². The molecule has 6 nitrogen and oxygen atoms in total. The lowest BCUT2D eigenvalue weighted by Gasteiger charge is -2.17. The number of hydrogen-bond acceptors (Lipinski definition) is 4. The first-order valence-corrected chi connectivity index (χ1v) is 9.72. The first-order chi connectivity index (χ1) is 9.70. The molecule has 118 valence electrons. The average Bonchev–Trinajstić information content (AvgIpc) is 2.85. The minimum Gasteiger partial charge on any atom is -0.215 e. The van der Waals surface area contributed by atoms with Crippen molar-refractivity contribution in [3.63, 3.8) is 0 Å². The van der Waals surface area contributed by atoms with E-state index in [2.05, 4.69) is 4.72 Å². The summed E-state index contributed by atoms with van der Waals surface area (Å²) in [5, 5.41) is 0. The number of benzene rings is 1. The van der Waals surface area contributed by atoms with Gasteiger partial charge >= 0.3 is 0 Å². The van der Waals surface area contributed by atoms with Gasteiger partial charge in [-0.25, -0.2) is 25.9 Å². The predicted octanol–water partition coefficient (Wildman–Crippen LogP) is 0.385. The van der Waals surface area contributed by atoms with E-state index in [-0.39, 0.29) is 30.4 Å². The summed E-state index contributed by atoms with van der Waals surface area (Å²) < 4.78 is 64.0. The van der Waals surface area contributed by atoms with Gasteiger partial charge in [0.25, 0.3) is 0 Å². The van der Waals surface area contributed by atoms with E-state index in [4.69, 9.17) is 0 Å². The number of hydrogen-bond donors (Lipinski definition) is 1. The molecule has 1 heterocycles. The molecule has 1 aliphatic rings. The highest BCUT2D eigenvalue weighted by Gasteiger charge is 2.34. The van der Waals surface area contributed by atoms with Crippen LogP contribution in [0.5, 0.6) is 0 Å². The van der Waals surface area contributed by atoms with Crippen LogP contribution in [0.25, 0.3) is 0 Å². The quantitative estimate of drug-likeness (QED) is 0.843. The third kappa shape index (κ3) is 4.00. The van der Waals surface area contributed by atoms with E-state index < -0.39 is 25.9 Å². The third-order valence-electron chi connectivity index (χ3n) is 3.34. The number of sulfonamides is 2. The minimum atomic E-state index is -3.87. The predicted molar refractivity (Wildman–Crippen MR) is 76.1 cm³/mol. The van der Waals surface area contributed by atoms with Gasteiger partial charge in [0.1, 0.15) is 10.7 Å². The maximum Gasteiger partial charge on any atom is 0.245 e. The van der Waals surface area contributed by atoms with Crippen LogP contribution in [0.4, 0.5) is 4.39 Å². The Bertz CT molecular complexity index is 719. The summed E-state index contributed by atoms with van der Waals surface area (Å²) in [5.74, 6) is -0.892. The zero-order chi connectivity index (χ0) is 15.7. The average molecular weight is 336 g/mol. The monoisotopic (exact) mass is 336 g/mol. The Morgan fingerprint density at radius 1 is 1.29 bits per heavy atom. The van der Waals surface area contributed by atoms with Gasteiger partial charge in [-0.05, 0) is 24.5 Å². The molecule has 21 heavy (non-hydrogen) atoms. The van der Waals surface area contributed by atoms with Gasteiger partial charge in [-0.2, -0.15) is 4.31 Å². The molecular weight excluding hydrogens is 319 g/mol. The lowest BCUT2D eigenvalue weighted by atomic mass is 10.1. The van der Waals surface area contributed by atoms with Crippen molar-refractivity contribution in [2.75, 3.05) is 25.9 Å². The largest absolute Gasteiger partial charge is 0.245 e. The molecule has 0 radical (unpaired) electrons. The smallest absolute Gasteiger partial charge is 0.215 e. The van der Waals surface area contributed by atoms with Crippen molar-refractivity contribution in [2.24, 2.45) is 5.92 Å². The Morgan fingerprint density at radius 2 is 1.95 bits per heavy atom. The van der Waals surface area contributed by atoms with Crippen LogP contribution in [0, 0.1) is 11.7 Å². The van der Waals surface area contributed by atoms with Crippen LogP contribution in [0.2, 0.25) is 0 Å². The molecule has 9 heteroatoms. The van der Waals surface area contributed by atoms with Gasteiger partial charge in [-0.15, -0.1) is 0 Å². The van der Waals surface area contributed by atoms with E-state index in [1.54, 1.807) is 0 Å². The Hall–Kier alpha value is -1.03. The van der Waals surface area contributed by atoms with E-state index in [1.807, 2.05) is 0 Å². The van der Waals surface area contributed by atoms with Gasteiger partial charge in [0.2, 0.25) is 20.0 Å². The standard InChI is InChI=1S/C12H17FN2O4S2/c1-20(16,17)14-8-10-6-7-15(9-10)21(18,19)12-5-3-2-4-11(12)13/h2-5,10,14H,6-9H2,1H3/t10-/m1/s1. The molecule has 0 bridgehead atoms. The zero-order valence-corrected chi connectivity index (χ0v) is 13.1. The molecule has 1 N–H and O–H groups in total. The Morgan fingerprint density at radius 3 is 2.57 bits per heavy atom. The van der Waals surface area contributed by atoms with Gasteiger partial charge in [0.15, 0.2) is 0 Å². The van der Waals surface area contributed by atoms with Gasteiger partial charge in [0, 0.05) is 19.6 Å². The van der Waals surface area contributed by atoms with Crippen molar-refractivity contribution in [3.05, 3.63) is 30.1 Å². The molecule has 0 aliphatic carbocycles. The van der Waals surface area contributed by atoms with Crippen LogP contribution in [0.15, 0.2) is 29.2 Å². The summed E-state index contributed by atoms with van der Waals surface area (Å²) in [6.45, 7) is 0.619. The lowest BCUT2D eigenvalue weighted by molar-refractivity contribution is 0.449. The molecule has 1 aromatic carbocycles. The SMILES string of the molecule is CS(=O)(=O)NC[C@H]1CCN(S(=O)(=O)c2ccccc2F)C1. The van der Waals surface area contributed by atoms with Crippen molar-refractivity contribution >= 4 is 20.0 Å². The first kappa shape index (κ1) is 16.3. The fraction of sp³-hybridized carbons (Fsp3) is 0.500. The molecule has 0 aromatic heterocycles. The zero-order valence-electron chi connectivity index (χ0n) is 11.5. The highest BCUT2D eigenvalue weighted by Crippen LogP contribution is 2.25. The second-order valence-electron chi connectivity index (χ2n) is 5.07. The van der Waals surface area contributed by atoms with E-state index >= 15 is 0 Å². The second-order valence-corrected chi connectivity index (χ2v) is 8.81. The van der Waals surface area contributed by atoms with Crippen LogP contribution >= 0.6 is 0 Å². The highest BCUT2D eigenvalue weighted by atomic mass is 32.2. The summed E-state index contributed by atoms with van der Waals surface area (Å²) in [6.07, 6.45) is 1.59. The normalized spacial score (nSPS) is 20.8. The number of nitrogens with one attached hydrogen (secondary N) is 1. The Labute approximate surface area is 124 Å². The summed E-state index contributed by atoms with van der Waals surface area (Å²) in [6, 6.07) is 5.23. The Balaban J connectivity index is 2.09. The van der Waals surface area contributed by atoms with Gasteiger partial charge in [-0.1, -0.05) is 12.1 Å². The molecule has 1 atom stereocenters. The van der Waals surface area contributed by atoms with Crippen LogP contribution in [0.3, 0.4) is 0 Å². The molecule has 0 spiro atoms. The number of nitrogens with zero attached hydrogens (tertiary/aromatic N) is 1. The fourth-order valence-corrected chi connectivity index (χ4v) is 4.38. The molecule has 1 aliphatic heterocycles. The van der Waals surface area contributed by atoms with Gasteiger partial charge < -0.3 is 0 Å². The molecule has 2 rings (SSSR count). The van der Waals surface area contributed by atoms with Crippen molar-refractivity contribution in [1.82, 2.24) is 9.03 Å². The summed E-state index contributed by atoms with van der Waals surface area (Å²) in [4.78, 5) is -0.346. The molecular formula is C12H17FN2O4S2. The number of rotatable bonds is 5. The molecule has 0 saturated carbocycles. The molecule has 0 amide bonds. The van der Waals surface area contributed by atoms with E-state index in [1.165, 1.54) is 22.5 Å². The molecule has 1 aromatic rings. The molecule has 0 unspecified atom stereocenters. The van der Waals surface area contributed by atoms with E-state index in [0.29, 0.717) is 6.42 Å². The lowest BCUT2D eigenvalue weighted by Crippen LogP contribution is -2.33. The summed E-state index contributed by atoms with van der Waals surface area (Å²) in [7, 11) is -7.18. The second kappa shape index (κ2) is 5.99. The minimum absolute atomic E-state index is 0.110. The topological polar surface area (TPSA) is 83.6 Å². The maximum absolute atomic E-state index is 13.6. The van der Waals surface area contributed by atoms with E-state index in [0.717, 1.165) is 12.3 Å². The van der Waals surface area contributed by atoms with Crippen LogP contribution in [0.1, 0.15) is 6.42 Å². The van der Waals surface area contributed by atoms with Crippen LogP contribution < -0.4 is 4.72 Å². The van der Waals surface area contributed by atoms with E-state index in [9.17, 15) is 21.2 Å². The third-order valence-corrected chi connectivity index (χ3v) is 5.93.